The van der Waals surface area contributed by atoms with Gasteiger partial charge in [-0.3, -0.25) is 9.59 Å². The number of carbonyl (C=O) groups excluding carboxylic acids is 2. The lowest BCUT2D eigenvalue weighted by Gasteiger charge is -2.31. The zero-order valence-electron chi connectivity index (χ0n) is 13.1. The maximum absolute atomic E-state index is 12.4. The Bertz CT molecular complexity index is 595. The second-order valence-corrected chi connectivity index (χ2v) is 6.45. The summed E-state index contributed by atoms with van der Waals surface area (Å²) in [5.74, 6) is 2.49. The Kier molecular flexibility index (Phi) is 4.95. The monoisotopic (exact) mass is 336 g/mol. The Morgan fingerprint density at radius 2 is 2.17 bits per heavy atom. The molecule has 6 nitrogen and oxygen atoms in total. The molecular weight excluding hydrogens is 316 g/mol. The van der Waals surface area contributed by atoms with E-state index in [1.54, 1.807) is 21.6 Å². The first-order valence-electron chi connectivity index (χ1n) is 7.69. The molecule has 7 heteroatoms. The molecule has 1 saturated heterocycles. The average Bonchev–Trinajstić information content (AvgIpc) is 2.97. The number of ether oxygens (including phenoxy) is 2. The molecule has 2 aliphatic heterocycles. The third kappa shape index (κ3) is 3.72. The van der Waals surface area contributed by atoms with E-state index in [-0.39, 0.29) is 24.5 Å². The molecule has 1 atom stereocenters. The van der Waals surface area contributed by atoms with E-state index >= 15 is 0 Å². The lowest BCUT2D eigenvalue weighted by atomic mass is 10.2. The molecule has 0 spiro atoms. The first kappa shape index (κ1) is 16.0. The minimum Gasteiger partial charge on any atom is -0.486 e. The number of fused-ring (bicyclic) bond motifs is 1. The fourth-order valence-corrected chi connectivity index (χ4v) is 3.51. The Morgan fingerprint density at radius 1 is 1.39 bits per heavy atom. The first-order chi connectivity index (χ1) is 11.2. The van der Waals surface area contributed by atoms with Gasteiger partial charge >= 0.3 is 0 Å². The van der Waals surface area contributed by atoms with E-state index < -0.39 is 0 Å². The van der Waals surface area contributed by atoms with Gasteiger partial charge in [0.1, 0.15) is 13.2 Å². The summed E-state index contributed by atoms with van der Waals surface area (Å²) in [6.07, 6.45) is -0.197. The summed E-state index contributed by atoms with van der Waals surface area (Å²) in [7, 11) is 0. The fourth-order valence-electron chi connectivity index (χ4n) is 2.61. The topological polar surface area (TPSA) is 59.1 Å². The number of likely N-dealkylation sites (N-methyl/N-ethyl adjacent to an activating group) is 1. The predicted molar refractivity (Wildman–Crippen MR) is 87.6 cm³/mol. The van der Waals surface area contributed by atoms with E-state index in [1.165, 1.54) is 0 Å². The van der Waals surface area contributed by atoms with Gasteiger partial charge in [-0.05, 0) is 19.1 Å². The van der Waals surface area contributed by atoms with E-state index in [1.807, 2.05) is 31.2 Å². The van der Waals surface area contributed by atoms with Crippen molar-refractivity contribution in [1.82, 2.24) is 9.80 Å². The Hall–Kier alpha value is -1.89. The van der Waals surface area contributed by atoms with Crippen LogP contribution in [0.4, 0.5) is 0 Å². The predicted octanol–water partition coefficient (Wildman–Crippen LogP) is 1.21. The van der Waals surface area contributed by atoms with Gasteiger partial charge in [-0.25, -0.2) is 0 Å². The molecule has 2 heterocycles. The van der Waals surface area contributed by atoms with Gasteiger partial charge in [0.2, 0.25) is 11.8 Å². The molecule has 1 fully saturated rings. The van der Waals surface area contributed by atoms with Gasteiger partial charge in [0.15, 0.2) is 17.6 Å². The van der Waals surface area contributed by atoms with Crippen molar-refractivity contribution in [1.29, 1.82) is 0 Å². The second kappa shape index (κ2) is 7.12. The number of carbonyl (C=O) groups is 2. The largest absolute Gasteiger partial charge is 0.486 e. The first-order valence-corrected chi connectivity index (χ1v) is 8.84. The molecule has 0 N–H and O–H groups in total. The Morgan fingerprint density at radius 3 is 2.87 bits per heavy atom. The van der Waals surface area contributed by atoms with Crippen LogP contribution in [0.1, 0.15) is 6.92 Å². The summed E-state index contributed by atoms with van der Waals surface area (Å²) < 4.78 is 11.6. The maximum atomic E-state index is 12.4. The van der Waals surface area contributed by atoms with Crippen LogP contribution in [0.25, 0.3) is 0 Å². The average molecular weight is 336 g/mol. The summed E-state index contributed by atoms with van der Waals surface area (Å²) >= 11 is 1.54. The molecule has 3 rings (SSSR count). The molecule has 0 unspecified atom stereocenters. The van der Waals surface area contributed by atoms with Gasteiger partial charge in [-0.2, -0.15) is 0 Å². The highest BCUT2D eigenvalue weighted by atomic mass is 32.2. The lowest BCUT2D eigenvalue weighted by Crippen LogP contribution is -2.47. The summed E-state index contributed by atoms with van der Waals surface area (Å²) in [4.78, 5) is 27.4. The third-order valence-corrected chi connectivity index (χ3v) is 4.82. The third-order valence-electron chi connectivity index (χ3n) is 3.88. The van der Waals surface area contributed by atoms with Crippen LogP contribution in [0.3, 0.4) is 0 Å². The van der Waals surface area contributed by atoms with Crippen molar-refractivity contribution >= 4 is 23.6 Å². The summed E-state index contributed by atoms with van der Waals surface area (Å²) in [5.41, 5.74) is 0. The van der Waals surface area contributed by atoms with Crippen molar-refractivity contribution in [2.45, 2.75) is 13.0 Å². The highest BCUT2D eigenvalue weighted by molar-refractivity contribution is 8.00. The molecule has 124 valence electrons. The highest BCUT2D eigenvalue weighted by Crippen LogP contribution is 2.31. The quantitative estimate of drug-likeness (QED) is 0.809. The van der Waals surface area contributed by atoms with E-state index in [9.17, 15) is 9.59 Å². The molecule has 0 radical (unpaired) electrons. The summed E-state index contributed by atoms with van der Waals surface area (Å²) in [6, 6.07) is 7.52. The molecule has 2 amide bonds. The van der Waals surface area contributed by atoms with Crippen LogP contribution < -0.4 is 9.47 Å². The van der Waals surface area contributed by atoms with Crippen LogP contribution in [0, 0.1) is 0 Å². The summed E-state index contributed by atoms with van der Waals surface area (Å²) in [5, 5.41) is 0. The highest BCUT2D eigenvalue weighted by Gasteiger charge is 2.28. The second-order valence-electron chi connectivity index (χ2n) is 5.50. The smallest absolute Gasteiger partial charge is 0.242 e. The number of hydrogen-bond donors (Lipinski definition) is 0. The normalized spacial score (nSPS) is 19.8. The maximum Gasteiger partial charge on any atom is 0.242 e. The molecular formula is C16H20N2O4S. The van der Waals surface area contributed by atoms with Gasteiger partial charge < -0.3 is 19.3 Å². The van der Waals surface area contributed by atoms with Crippen LogP contribution in [0.2, 0.25) is 0 Å². The summed E-state index contributed by atoms with van der Waals surface area (Å²) in [6.45, 7) is 3.52. The zero-order valence-corrected chi connectivity index (χ0v) is 13.9. The Balaban J connectivity index is 1.57. The number of thioether (sulfide) groups is 1. The van der Waals surface area contributed by atoms with Crippen LogP contribution in [-0.2, 0) is 9.59 Å². The minimum atomic E-state index is -0.197. The van der Waals surface area contributed by atoms with Gasteiger partial charge in [-0.1, -0.05) is 12.1 Å². The Labute approximate surface area is 139 Å². The van der Waals surface area contributed by atoms with Crippen molar-refractivity contribution < 1.29 is 19.1 Å². The zero-order chi connectivity index (χ0) is 16.2. The van der Waals surface area contributed by atoms with Gasteiger partial charge in [0, 0.05) is 6.54 Å². The number of nitrogens with zero attached hydrogens (tertiary/aromatic N) is 2. The number of hydrogen-bond acceptors (Lipinski definition) is 5. The van der Waals surface area contributed by atoms with E-state index in [0.29, 0.717) is 37.1 Å². The SMILES string of the molecule is CCN(C[C@@H]1COc2ccccc2O1)C(=O)CN1CSCC1=O. The molecule has 1 aromatic rings. The van der Waals surface area contributed by atoms with Crippen molar-refractivity contribution in [3.8, 4) is 11.5 Å². The number of amides is 2. The van der Waals surface area contributed by atoms with Gasteiger partial charge in [0.05, 0.1) is 18.2 Å². The molecule has 2 aliphatic rings. The molecule has 23 heavy (non-hydrogen) atoms. The van der Waals surface area contributed by atoms with Crippen LogP contribution in [-0.4, -0.2) is 65.6 Å². The van der Waals surface area contributed by atoms with E-state index in [2.05, 4.69) is 0 Å². The molecule has 0 bridgehead atoms. The van der Waals surface area contributed by atoms with E-state index in [0.717, 1.165) is 5.75 Å². The fraction of sp³-hybridized carbons (Fsp3) is 0.500. The van der Waals surface area contributed by atoms with Crippen molar-refractivity contribution in [2.24, 2.45) is 0 Å². The molecule has 0 saturated carbocycles. The molecule has 0 aliphatic carbocycles. The van der Waals surface area contributed by atoms with Crippen molar-refractivity contribution in [3.05, 3.63) is 24.3 Å². The number of para-hydroxylation sites is 2. The van der Waals surface area contributed by atoms with E-state index in [4.69, 9.17) is 9.47 Å². The van der Waals surface area contributed by atoms with Crippen LogP contribution in [0.5, 0.6) is 11.5 Å². The van der Waals surface area contributed by atoms with Gasteiger partial charge in [0.25, 0.3) is 0 Å². The molecule has 0 aromatic heterocycles. The van der Waals surface area contributed by atoms with Crippen molar-refractivity contribution in [2.75, 3.05) is 37.9 Å². The van der Waals surface area contributed by atoms with Crippen LogP contribution in [0.15, 0.2) is 24.3 Å². The standard InChI is InChI=1S/C16H20N2O4S/c1-2-17(15(19)8-18-11-23-10-16(18)20)7-12-9-21-13-5-3-4-6-14(13)22-12/h3-6,12H,2,7-11H2,1H3/t12-/m1/s1. The number of rotatable bonds is 5. The number of benzene rings is 1. The van der Waals surface area contributed by atoms with Crippen LogP contribution >= 0.6 is 11.8 Å². The van der Waals surface area contributed by atoms with Gasteiger partial charge in [-0.15, -0.1) is 11.8 Å². The lowest BCUT2D eigenvalue weighted by molar-refractivity contribution is -0.138. The minimum absolute atomic E-state index is 0.0329. The molecule has 1 aromatic carbocycles. The van der Waals surface area contributed by atoms with Crippen molar-refractivity contribution in [3.63, 3.8) is 0 Å².